The molecule has 0 aromatic carbocycles. The van der Waals surface area contributed by atoms with Crippen molar-refractivity contribution in [2.24, 2.45) is 11.8 Å². The molecule has 3 fully saturated rings. The first-order chi connectivity index (χ1) is 5.77. The third-order valence-corrected chi connectivity index (χ3v) is 3.15. The number of fused-ring (bicyclic) bond motifs is 5. The van der Waals surface area contributed by atoms with Gasteiger partial charge in [-0.2, -0.15) is 0 Å². The van der Waals surface area contributed by atoms with Gasteiger partial charge < -0.3 is 9.47 Å². The second-order valence-corrected chi connectivity index (χ2v) is 3.73. The molecule has 3 saturated heterocycles. The second kappa shape index (κ2) is 1.91. The van der Waals surface area contributed by atoms with Gasteiger partial charge in [0.25, 0.3) is 0 Å². The van der Waals surface area contributed by atoms with Gasteiger partial charge in [-0.25, -0.2) is 0 Å². The van der Waals surface area contributed by atoms with Crippen LogP contribution in [-0.2, 0) is 14.3 Å². The van der Waals surface area contributed by atoms with Crippen LogP contribution < -0.4 is 0 Å². The molecule has 0 spiro atoms. The van der Waals surface area contributed by atoms with Crippen LogP contribution in [0.3, 0.4) is 0 Å². The Bertz CT molecular complexity index is 245. The molecule has 3 rings (SSSR count). The lowest BCUT2D eigenvalue weighted by Crippen LogP contribution is -2.27. The number of carbonyl (C=O) groups is 1. The van der Waals surface area contributed by atoms with Crippen LogP contribution in [0.5, 0.6) is 0 Å². The quantitative estimate of drug-likeness (QED) is 0.500. The zero-order valence-electron chi connectivity index (χ0n) is 6.66. The molecule has 3 heterocycles. The Labute approximate surface area is 70.3 Å². The largest absolute Gasteiger partial charge is 0.431 e. The number of cyclic esters (lactones) is 1. The Morgan fingerprint density at radius 1 is 1.25 bits per heavy atom. The Morgan fingerprint density at radius 2 is 1.92 bits per heavy atom. The van der Waals surface area contributed by atoms with E-state index >= 15 is 0 Å². The monoisotopic (exact) mass is 166 g/mol. The highest BCUT2D eigenvalue weighted by Crippen LogP contribution is 2.50. The van der Waals surface area contributed by atoms with Crippen LogP contribution in [0.15, 0.2) is 12.3 Å². The Balaban J connectivity index is 2.03. The molecule has 0 aromatic heterocycles. The molecule has 2 bridgehead atoms. The summed E-state index contributed by atoms with van der Waals surface area (Å²) in [7, 11) is 0. The van der Waals surface area contributed by atoms with Crippen molar-refractivity contribution < 1.29 is 14.3 Å². The number of hydrogen-bond donors (Lipinski definition) is 0. The van der Waals surface area contributed by atoms with E-state index in [0.717, 1.165) is 12.8 Å². The first-order valence-corrected chi connectivity index (χ1v) is 4.33. The molecule has 0 amide bonds. The van der Waals surface area contributed by atoms with Gasteiger partial charge >= 0.3 is 5.97 Å². The molecule has 0 aromatic rings. The van der Waals surface area contributed by atoms with Crippen LogP contribution in [0.1, 0.15) is 12.8 Å². The molecule has 0 aliphatic carbocycles. The summed E-state index contributed by atoms with van der Waals surface area (Å²) >= 11 is 0. The lowest BCUT2D eigenvalue weighted by atomic mass is 9.80. The van der Waals surface area contributed by atoms with Gasteiger partial charge in [0.2, 0.25) is 0 Å². The third kappa shape index (κ3) is 0.591. The molecule has 3 heteroatoms. The van der Waals surface area contributed by atoms with Gasteiger partial charge in [-0.15, -0.1) is 0 Å². The van der Waals surface area contributed by atoms with E-state index in [4.69, 9.17) is 9.47 Å². The van der Waals surface area contributed by atoms with Crippen LogP contribution >= 0.6 is 0 Å². The van der Waals surface area contributed by atoms with E-state index in [1.54, 1.807) is 0 Å². The summed E-state index contributed by atoms with van der Waals surface area (Å²) in [6, 6.07) is 0. The summed E-state index contributed by atoms with van der Waals surface area (Å²) in [5, 5.41) is 0. The molecule has 4 unspecified atom stereocenters. The van der Waals surface area contributed by atoms with Crippen LogP contribution in [0.2, 0.25) is 0 Å². The highest BCUT2D eigenvalue weighted by Gasteiger charge is 2.58. The number of ether oxygens (including phenoxy) is 2. The van der Waals surface area contributed by atoms with Gasteiger partial charge in [-0.1, -0.05) is 6.58 Å². The Hall–Kier alpha value is -0.830. The van der Waals surface area contributed by atoms with E-state index in [9.17, 15) is 4.79 Å². The highest BCUT2D eigenvalue weighted by molar-refractivity contribution is 5.78. The summed E-state index contributed by atoms with van der Waals surface area (Å²) in [4.78, 5) is 11.3. The van der Waals surface area contributed by atoms with Crippen molar-refractivity contribution in [2.45, 2.75) is 25.0 Å². The fourth-order valence-corrected chi connectivity index (χ4v) is 2.65. The summed E-state index contributed by atoms with van der Waals surface area (Å²) in [6.07, 6.45) is 2.39. The average molecular weight is 166 g/mol. The first-order valence-electron chi connectivity index (χ1n) is 4.33. The van der Waals surface area contributed by atoms with Gasteiger partial charge in [0.15, 0.2) is 0 Å². The normalized spacial score (nSPS) is 49.7. The lowest BCUT2D eigenvalue weighted by Gasteiger charge is -2.15. The molecule has 0 saturated carbocycles. The van der Waals surface area contributed by atoms with Gasteiger partial charge in [0.05, 0.1) is 24.0 Å². The summed E-state index contributed by atoms with van der Waals surface area (Å²) in [5.74, 6) is 0.627. The third-order valence-electron chi connectivity index (χ3n) is 3.15. The Morgan fingerprint density at radius 3 is 2.58 bits per heavy atom. The molecule has 0 N–H and O–H groups in total. The van der Waals surface area contributed by atoms with Crippen molar-refractivity contribution in [2.75, 3.05) is 0 Å². The number of rotatable bonds is 0. The minimum atomic E-state index is -0.128. The number of hydrogen-bond acceptors (Lipinski definition) is 3. The molecule has 3 aliphatic rings. The molecular formula is C9H10O3. The zero-order valence-corrected chi connectivity index (χ0v) is 6.66. The minimum Gasteiger partial charge on any atom is -0.431 e. The molecule has 12 heavy (non-hydrogen) atoms. The van der Waals surface area contributed by atoms with E-state index in [2.05, 4.69) is 6.58 Å². The maximum atomic E-state index is 11.3. The van der Waals surface area contributed by atoms with Crippen LogP contribution in [0, 0.1) is 11.8 Å². The smallest absolute Gasteiger partial charge is 0.317 e. The van der Waals surface area contributed by atoms with Gasteiger partial charge in [0.1, 0.15) is 5.76 Å². The van der Waals surface area contributed by atoms with Gasteiger partial charge in [0, 0.05) is 0 Å². The van der Waals surface area contributed by atoms with E-state index in [-0.39, 0.29) is 30.0 Å². The van der Waals surface area contributed by atoms with Crippen LogP contribution in [-0.4, -0.2) is 18.2 Å². The second-order valence-electron chi connectivity index (χ2n) is 3.73. The SMILES string of the molecule is C=C1OC(=O)C2C3CCC(O3)C12. The van der Waals surface area contributed by atoms with Crippen molar-refractivity contribution >= 4 is 5.97 Å². The molecular weight excluding hydrogens is 156 g/mol. The van der Waals surface area contributed by atoms with Crippen LogP contribution in [0.25, 0.3) is 0 Å². The molecule has 4 atom stereocenters. The summed E-state index contributed by atoms with van der Waals surface area (Å²) in [6.45, 7) is 3.74. The van der Waals surface area contributed by atoms with E-state index in [1.807, 2.05) is 0 Å². The highest BCUT2D eigenvalue weighted by atomic mass is 16.6. The predicted octanol–water partition coefficient (Wildman–Crippen LogP) is 0.850. The molecule has 3 nitrogen and oxygen atoms in total. The topological polar surface area (TPSA) is 35.5 Å². The predicted molar refractivity (Wildman–Crippen MR) is 40.1 cm³/mol. The van der Waals surface area contributed by atoms with Crippen molar-refractivity contribution in [3.63, 3.8) is 0 Å². The summed E-state index contributed by atoms with van der Waals surface area (Å²) in [5.41, 5.74) is 0. The van der Waals surface area contributed by atoms with Crippen molar-refractivity contribution in [1.82, 2.24) is 0 Å². The Kier molecular flexibility index (Phi) is 1.06. The van der Waals surface area contributed by atoms with Crippen LogP contribution in [0.4, 0.5) is 0 Å². The fourth-order valence-electron chi connectivity index (χ4n) is 2.65. The number of carbonyl (C=O) groups excluding carboxylic acids is 1. The zero-order chi connectivity index (χ0) is 8.29. The maximum absolute atomic E-state index is 11.3. The molecule has 64 valence electrons. The number of esters is 1. The van der Waals surface area contributed by atoms with E-state index < -0.39 is 0 Å². The fraction of sp³-hybridized carbons (Fsp3) is 0.667. The lowest BCUT2D eigenvalue weighted by molar-refractivity contribution is -0.141. The summed E-state index contributed by atoms with van der Waals surface area (Å²) < 4.78 is 10.6. The standard InChI is InChI=1S/C9H10O3/c1-4-7-5-2-3-6(12-5)8(7)9(10)11-4/h5-8H,1-3H2. The van der Waals surface area contributed by atoms with E-state index in [1.165, 1.54) is 0 Å². The molecule has 3 aliphatic heterocycles. The minimum absolute atomic E-state index is 0.0313. The average Bonchev–Trinajstić information content (AvgIpc) is 2.64. The molecule has 0 radical (unpaired) electrons. The van der Waals surface area contributed by atoms with Crippen molar-refractivity contribution in [1.29, 1.82) is 0 Å². The van der Waals surface area contributed by atoms with Crippen molar-refractivity contribution in [3.05, 3.63) is 12.3 Å². The van der Waals surface area contributed by atoms with E-state index in [0.29, 0.717) is 5.76 Å². The van der Waals surface area contributed by atoms with Gasteiger partial charge in [-0.3, -0.25) is 4.79 Å². The van der Waals surface area contributed by atoms with Gasteiger partial charge in [-0.05, 0) is 12.8 Å². The maximum Gasteiger partial charge on any atom is 0.317 e. The first kappa shape index (κ1) is 6.66. The van der Waals surface area contributed by atoms with Crippen molar-refractivity contribution in [3.8, 4) is 0 Å².